The first-order valence-corrected chi connectivity index (χ1v) is 10.1. The summed E-state index contributed by atoms with van der Waals surface area (Å²) in [6.45, 7) is 1.29. The molecule has 0 bridgehead atoms. The second-order valence-electron chi connectivity index (χ2n) is 7.53. The van der Waals surface area contributed by atoms with Gasteiger partial charge in [0.1, 0.15) is 0 Å². The number of benzene rings is 3. The van der Waals surface area contributed by atoms with Crippen LogP contribution >= 0.6 is 0 Å². The highest BCUT2D eigenvalue weighted by molar-refractivity contribution is 6.02. The zero-order valence-corrected chi connectivity index (χ0v) is 16.8. The lowest BCUT2D eigenvalue weighted by molar-refractivity contribution is -0.119. The van der Waals surface area contributed by atoms with Crippen molar-refractivity contribution in [2.75, 3.05) is 29.9 Å². The Morgan fingerprint density at radius 2 is 1.23 bits per heavy atom. The van der Waals surface area contributed by atoms with E-state index >= 15 is 0 Å². The molecule has 0 saturated carbocycles. The number of aromatic nitrogens is 2. The van der Waals surface area contributed by atoms with E-state index < -0.39 is 5.92 Å². The third-order valence-corrected chi connectivity index (χ3v) is 5.59. The molecule has 0 radical (unpaired) electrons. The van der Waals surface area contributed by atoms with E-state index in [0.717, 1.165) is 28.0 Å². The van der Waals surface area contributed by atoms with Gasteiger partial charge >= 0.3 is 0 Å². The second kappa shape index (κ2) is 7.59. The van der Waals surface area contributed by atoms with Gasteiger partial charge in [0.25, 0.3) is 0 Å². The molecule has 1 aliphatic heterocycles. The van der Waals surface area contributed by atoms with Crippen LogP contribution in [-0.4, -0.2) is 36.0 Å². The van der Waals surface area contributed by atoms with Gasteiger partial charge in [-0.25, -0.2) is 9.97 Å². The van der Waals surface area contributed by atoms with E-state index in [1.165, 1.54) is 0 Å². The molecule has 0 aliphatic carbocycles. The largest absolute Gasteiger partial charge is 0.355 e. The summed E-state index contributed by atoms with van der Waals surface area (Å²) < 4.78 is 0. The molecular weight excluding hydrogens is 372 g/mol. The Labute approximate surface area is 175 Å². The molecule has 0 unspecified atom stereocenters. The van der Waals surface area contributed by atoms with Crippen molar-refractivity contribution in [3.8, 4) is 0 Å². The smallest absolute Gasteiger partial charge is 0.240 e. The summed E-state index contributed by atoms with van der Waals surface area (Å²) in [4.78, 5) is 27.5. The zero-order chi connectivity index (χ0) is 20.5. The number of nitrogens with zero attached hydrogens (tertiary/aromatic N) is 4. The number of likely N-dealkylation sites (N-methyl/N-ethyl adjacent to an activating group) is 1. The molecule has 0 spiro atoms. The predicted octanol–water partition coefficient (Wildman–Crippen LogP) is 4.24. The molecule has 30 heavy (non-hydrogen) atoms. The third-order valence-electron chi connectivity index (χ3n) is 5.59. The Bertz CT molecular complexity index is 1150. The summed E-state index contributed by atoms with van der Waals surface area (Å²) in [6, 6.07) is 27.7. The molecule has 3 aromatic carbocycles. The fourth-order valence-corrected chi connectivity index (χ4v) is 4.02. The van der Waals surface area contributed by atoms with Crippen LogP contribution in [0.15, 0.2) is 84.9 Å². The van der Waals surface area contributed by atoms with Gasteiger partial charge in [-0.3, -0.25) is 9.69 Å². The highest BCUT2D eigenvalue weighted by Gasteiger charge is 2.34. The Morgan fingerprint density at radius 3 is 1.80 bits per heavy atom. The molecule has 148 valence electrons. The molecule has 5 nitrogen and oxygen atoms in total. The van der Waals surface area contributed by atoms with Crippen LogP contribution in [0.1, 0.15) is 17.0 Å². The van der Waals surface area contributed by atoms with E-state index in [9.17, 15) is 4.79 Å². The number of carbonyl (C=O) groups excluding carboxylic acids is 1. The number of carbonyl (C=O) groups is 1. The van der Waals surface area contributed by atoms with E-state index in [1.807, 2.05) is 92.0 Å². The van der Waals surface area contributed by atoms with Crippen LogP contribution in [0, 0.1) is 0 Å². The van der Waals surface area contributed by atoms with Crippen molar-refractivity contribution in [1.29, 1.82) is 0 Å². The number of para-hydroxylation sites is 2. The average Bonchev–Trinajstić information content (AvgIpc) is 2.80. The minimum Gasteiger partial charge on any atom is -0.355 e. The molecule has 1 amide bonds. The minimum absolute atomic E-state index is 0.0198. The fourth-order valence-electron chi connectivity index (χ4n) is 4.02. The molecule has 0 atom stereocenters. The van der Waals surface area contributed by atoms with Crippen LogP contribution in [0.5, 0.6) is 0 Å². The molecule has 0 fully saturated rings. The van der Waals surface area contributed by atoms with Gasteiger partial charge in [-0.05, 0) is 23.3 Å². The van der Waals surface area contributed by atoms with Gasteiger partial charge in [0.2, 0.25) is 5.91 Å². The van der Waals surface area contributed by atoms with Crippen molar-refractivity contribution in [2.24, 2.45) is 0 Å². The Kier molecular flexibility index (Phi) is 4.64. The first kappa shape index (κ1) is 18.3. The molecule has 5 rings (SSSR count). The van der Waals surface area contributed by atoms with Gasteiger partial charge in [-0.15, -0.1) is 0 Å². The first-order valence-electron chi connectivity index (χ1n) is 10.1. The van der Waals surface area contributed by atoms with Gasteiger partial charge in [0, 0.05) is 20.1 Å². The molecular formula is C25H22N4O. The molecule has 1 aromatic heterocycles. The van der Waals surface area contributed by atoms with E-state index in [-0.39, 0.29) is 5.91 Å². The molecule has 2 heterocycles. The topological polar surface area (TPSA) is 49.3 Å². The molecule has 0 saturated heterocycles. The maximum absolute atomic E-state index is 13.9. The van der Waals surface area contributed by atoms with Gasteiger partial charge in [-0.2, -0.15) is 0 Å². The molecule has 0 N–H and O–H groups in total. The number of fused-ring (bicyclic) bond motifs is 2. The SMILES string of the molecule is CN1CCN(C(=O)C(c2ccccc2)c2ccccc2)c2nc3ccccc3nc21. The van der Waals surface area contributed by atoms with E-state index in [4.69, 9.17) is 9.97 Å². The normalized spacial score (nSPS) is 13.5. The summed E-state index contributed by atoms with van der Waals surface area (Å²) in [7, 11) is 2.00. The van der Waals surface area contributed by atoms with Crippen molar-refractivity contribution in [3.05, 3.63) is 96.1 Å². The number of rotatable bonds is 3. The van der Waals surface area contributed by atoms with Gasteiger partial charge < -0.3 is 4.90 Å². The lowest BCUT2D eigenvalue weighted by atomic mass is 9.90. The van der Waals surface area contributed by atoms with E-state index in [0.29, 0.717) is 18.9 Å². The van der Waals surface area contributed by atoms with Gasteiger partial charge in [0.05, 0.1) is 17.0 Å². The molecule has 5 heteroatoms. The number of hydrogen-bond donors (Lipinski definition) is 0. The van der Waals surface area contributed by atoms with E-state index in [1.54, 1.807) is 4.90 Å². The van der Waals surface area contributed by atoms with Crippen molar-refractivity contribution in [2.45, 2.75) is 5.92 Å². The summed E-state index contributed by atoms with van der Waals surface area (Å²) in [5.41, 5.74) is 3.58. The average molecular weight is 394 g/mol. The first-order chi connectivity index (χ1) is 14.7. The minimum atomic E-state index is -0.392. The van der Waals surface area contributed by atoms with Crippen molar-refractivity contribution in [3.63, 3.8) is 0 Å². The quantitative estimate of drug-likeness (QED) is 0.521. The Hall–Kier alpha value is -3.73. The van der Waals surface area contributed by atoms with Crippen molar-refractivity contribution >= 4 is 28.6 Å². The lowest BCUT2D eigenvalue weighted by Crippen LogP contribution is -2.45. The highest BCUT2D eigenvalue weighted by atomic mass is 16.2. The maximum Gasteiger partial charge on any atom is 0.240 e. The number of amides is 1. The predicted molar refractivity (Wildman–Crippen MR) is 120 cm³/mol. The van der Waals surface area contributed by atoms with Crippen LogP contribution in [0.25, 0.3) is 11.0 Å². The number of hydrogen-bond acceptors (Lipinski definition) is 4. The van der Waals surface area contributed by atoms with Crippen LogP contribution in [0.2, 0.25) is 0 Å². The maximum atomic E-state index is 13.9. The summed E-state index contributed by atoms with van der Waals surface area (Å²) in [5, 5.41) is 0. The van der Waals surface area contributed by atoms with Crippen LogP contribution in [0.3, 0.4) is 0 Å². The van der Waals surface area contributed by atoms with Crippen molar-refractivity contribution < 1.29 is 4.79 Å². The second-order valence-corrected chi connectivity index (χ2v) is 7.53. The lowest BCUT2D eigenvalue weighted by Gasteiger charge is -2.35. The molecule has 4 aromatic rings. The van der Waals surface area contributed by atoms with E-state index in [2.05, 4.69) is 4.90 Å². The van der Waals surface area contributed by atoms with Gasteiger partial charge in [-0.1, -0.05) is 72.8 Å². The summed E-state index contributed by atoms with van der Waals surface area (Å²) in [6.07, 6.45) is 0. The van der Waals surface area contributed by atoms with Crippen LogP contribution < -0.4 is 9.80 Å². The summed E-state index contributed by atoms with van der Waals surface area (Å²) in [5.74, 6) is 1.00. The Balaban J connectivity index is 1.63. The monoisotopic (exact) mass is 394 g/mol. The fraction of sp³-hybridized carbons (Fsp3) is 0.160. The van der Waals surface area contributed by atoms with Crippen LogP contribution in [-0.2, 0) is 4.79 Å². The van der Waals surface area contributed by atoms with Gasteiger partial charge in [0.15, 0.2) is 11.6 Å². The third kappa shape index (κ3) is 3.18. The number of anilines is 2. The standard InChI is InChI=1S/C25H22N4O/c1-28-16-17-29(24-23(28)26-20-14-8-9-15-21(20)27-24)25(30)22(18-10-4-2-5-11-18)19-12-6-3-7-13-19/h2-15,22H,16-17H2,1H3. The van der Waals surface area contributed by atoms with Crippen molar-refractivity contribution in [1.82, 2.24) is 9.97 Å². The Morgan fingerprint density at radius 1 is 0.733 bits per heavy atom. The molecule has 1 aliphatic rings. The zero-order valence-electron chi connectivity index (χ0n) is 16.8. The highest BCUT2D eigenvalue weighted by Crippen LogP contribution is 2.35. The van der Waals surface area contributed by atoms with Crippen LogP contribution in [0.4, 0.5) is 11.6 Å². The summed E-state index contributed by atoms with van der Waals surface area (Å²) >= 11 is 0.